The van der Waals surface area contributed by atoms with Crippen molar-refractivity contribution in [3.8, 4) is 17.2 Å². The summed E-state index contributed by atoms with van der Waals surface area (Å²) in [5, 5.41) is 11.2. The van der Waals surface area contributed by atoms with E-state index in [4.69, 9.17) is 9.47 Å². The molecule has 1 fully saturated rings. The maximum Gasteiger partial charge on any atom is 0.573 e. The van der Waals surface area contributed by atoms with Gasteiger partial charge in [-0.05, 0) is 48.0 Å². The molecule has 37 heavy (non-hydrogen) atoms. The number of hydrogen-bond donors (Lipinski definition) is 1. The average Bonchev–Trinajstić information content (AvgIpc) is 3.13. The summed E-state index contributed by atoms with van der Waals surface area (Å²) in [4.78, 5) is 27.4. The van der Waals surface area contributed by atoms with E-state index in [1.54, 1.807) is 12.1 Å². The first-order chi connectivity index (χ1) is 17.5. The first-order valence-electron chi connectivity index (χ1n) is 10.7. The standard InChI is InChI=1S/C26H19F4NO6/c1-35-17-9-6-14(7-10-17)22-21(23(32)19-12-15(27)8-11-20(19)36-2)24(33)25(34)31(22)16-4-3-5-18(13-16)37-26(28,29)30/h3-13,22,32H,1-2H3/b23-21+. The first kappa shape index (κ1) is 25.5. The number of anilines is 1. The number of amides is 1. The van der Waals surface area contributed by atoms with Crippen LogP contribution in [0.4, 0.5) is 23.2 Å². The van der Waals surface area contributed by atoms with Gasteiger partial charge in [-0.15, -0.1) is 13.2 Å². The van der Waals surface area contributed by atoms with Gasteiger partial charge in [0.25, 0.3) is 11.7 Å². The highest BCUT2D eigenvalue weighted by molar-refractivity contribution is 6.51. The minimum atomic E-state index is -4.99. The fourth-order valence-electron chi connectivity index (χ4n) is 4.04. The number of aliphatic hydroxyl groups excluding tert-OH is 1. The third kappa shape index (κ3) is 5.06. The molecule has 3 aromatic rings. The highest BCUT2D eigenvalue weighted by atomic mass is 19.4. The number of alkyl halides is 3. The topological polar surface area (TPSA) is 85.3 Å². The van der Waals surface area contributed by atoms with Crippen molar-refractivity contribution in [2.45, 2.75) is 12.4 Å². The minimum Gasteiger partial charge on any atom is -0.507 e. The zero-order valence-corrected chi connectivity index (χ0v) is 19.4. The second-order valence-electron chi connectivity index (χ2n) is 7.83. The van der Waals surface area contributed by atoms with E-state index in [1.807, 2.05) is 0 Å². The second kappa shape index (κ2) is 9.84. The van der Waals surface area contributed by atoms with Gasteiger partial charge < -0.3 is 19.3 Å². The van der Waals surface area contributed by atoms with Crippen LogP contribution in [0.3, 0.4) is 0 Å². The Morgan fingerprint density at radius 3 is 2.24 bits per heavy atom. The Hall–Kier alpha value is -4.54. The summed E-state index contributed by atoms with van der Waals surface area (Å²) in [5.41, 5.74) is -0.386. The molecule has 1 atom stereocenters. The number of aliphatic hydroxyl groups is 1. The van der Waals surface area contributed by atoms with E-state index in [2.05, 4.69) is 4.74 Å². The fourth-order valence-corrected chi connectivity index (χ4v) is 4.04. The van der Waals surface area contributed by atoms with E-state index in [9.17, 15) is 32.3 Å². The van der Waals surface area contributed by atoms with Gasteiger partial charge in [-0.25, -0.2) is 4.39 Å². The smallest absolute Gasteiger partial charge is 0.507 e. The third-order valence-electron chi connectivity index (χ3n) is 5.62. The molecule has 0 bridgehead atoms. The lowest BCUT2D eigenvalue weighted by Crippen LogP contribution is -2.29. The average molecular weight is 517 g/mol. The van der Waals surface area contributed by atoms with Gasteiger partial charge in [-0.2, -0.15) is 0 Å². The van der Waals surface area contributed by atoms with Gasteiger partial charge in [-0.3, -0.25) is 14.5 Å². The number of carbonyl (C=O) groups is 2. The van der Waals surface area contributed by atoms with Crippen LogP contribution < -0.4 is 19.1 Å². The van der Waals surface area contributed by atoms with Crippen LogP contribution in [0.2, 0.25) is 0 Å². The van der Waals surface area contributed by atoms with E-state index in [0.29, 0.717) is 11.3 Å². The minimum absolute atomic E-state index is 0.0270. The lowest BCUT2D eigenvalue weighted by molar-refractivity contribution is -0.274. The van der Waals surface area contributed by atoms with Crippen molar-refractivity contribution < 1.29 is 46.5 Å². The highest BCUT2D eigenvalue weighted by Gasteiger charge is 2.47. The molecule has 0 aliphatic carbocycles. The van der Waals surface area contributed by atoms with Crippen molar-refractivity contribution in [2.75, 3.05) is 19.1 Å². The molecule has 1 heterocycles. The van der Waals surface area contributed by atoms with Crippen molar-refractivity contribution >= 4 is 23.1 Å². The van der Waals surface area contributed by atoms with Gasteiger partial charge in [0.1, 0.15) is 28.8 Å². The van der Waals surface area contributed by atoms with Crippen molar-refractivity contribution in [3.05, 3.63) is 89.2 Å². The van der Waals surface area contributed by atoms with Crippen LogP contribution in [0.15, 0.2) is 72.3 Å². The summed E-state index contributed by atoms with van der Waals surface area (Å²) < 4.78 is 66.8. The number of ether oxygens (including phenoxy) is 3. The van der Waals surface area contributed by atoms with Crippen molar-refractivity contribution in [1.29, 1.82) is 0 Å². The van der Waals surface area contributed by atoms with E-state index in [-0.39, 0.29) is 17.0 Å². The highest BCUT2D eigenvalue weighted by Crippen LogP contribution is 2.44. The molecule has 0 saturated carbocycles. The lowest BCUT2D eigenvalue weighted by atomic mass is 9.94. The van der Waals surface area contributed by atoms with E-state index < -0.39 is 47.0 Å². The summed E-state index contributed by atoms with van der Waals surface area (Å²) in [6.07, 6.45) is -4.99. The van der Waals surface area contributed by atoms with Gasteiger partial charge in [0, 0.05) is 11.8 Å². The Bertz CT molecular complexity index is 1380. The Kier molecular flexibility index (Phi) is 6.80. The molecule has 1 aliphatic rings. The van der Waals surface area contributed by atoms with Crippen LogP contribution in [-0.4, -0.2) is 37.4 Å². The third-order valence-corrected chi connectivity index (χ3v) is 5.62. The fraction of sp³-hybridized carbons (Fsp3) is 0.154. The van der Waals surface area contributed by atoms with Crippen LogP contribution >= 0.6 is 0 Å². The number of rotatable bonds is 6. The Morgan fingerprint density at radius 1 is 0.919 bits per heavy atom. The van der Waals surface area contributed by atoms with Crippen molar-refractivity contribution in [3.63, 3.8) is 0 Å². The largest absolute Gasteiger partial charge is 0.573 e. The molecule has 1 saturated heterocycles. The molecule has 7 nitrogen and oxygen atoms in total. The number of nitrogens with zero attached hydrogens (tertiary/aromatic N) is 1. The van der Waals surface area contributed by atoms with Gasteiger partial charge in [0.05, 0.1) is 31.4 Å². The molecule has 0 aromatic heterocycles. The summed E-state index contributed by atoms with van der Waals surface area (Å²) in [7, 11) is 2.71. The summed E-state index contributed by atoms with van der Waals surface area (Å²) in [6, 6.07) is 12.6. The normalized spacial score (nSPS) is 17.1. The number of benzene rings is 3. The van der Waals surface area contributed by atoms with Crippen molar-refractivity contribution in [1.82, 2.24) is 0 Å². The quantitative estimate of drug-likeness (QED) is 0.205. The molecule has 11 heteroatoms. The Morgan fingerprint density at radius 2 is 1.62 bits per heavy atom. The van der Waals surface area contributed by atoms with E-state index in [0.717, 1.165) is 29.2 Å². The molecule has 1 unspecified atom stereocenters. The maximum absolute atomic E-state index is 14.1. The number of ketones is 1. The first-order valence-corrected chi connectivity index (χ1v) is 10.7. The molecule has 192 valence electrons. The second-order valence-corrected chi connectivity index (χ2v) is 7.83. The van der Waals surface area contributed by atoms with Gasteiger partial charge >= 0.3 is 6.36 Å². The number of Topliss-reactive ketones (excluding diaryl/α,β-unsaturated/α-hetero) is 1. The predicted octanol–water partition coefficient (Wildman–Crippen LogP) is 5.37. The summed E-state index contributed by atoms with van der Waals surface area (Å²) >= 11 is 0. The monoisotopic (exact) mass is 517 g/mol. The van der Waals surface area contributed by atoms with E-state index >= 15 is 0 Å². The number of carbonyl (C=O) groups excluding carboxylic acids is 2. The predicted molar refractivity (Wildman–Crippen MR) is 124 cm³/mol. The zero-order valence-electron chi connectivity index (χ0n) is 19.4. The molecule has 0 spiro atoms. The molecule has 0 radical (unpaired) electrons. The van der Waals surface area contributed by atoms with E-state index in [1.165, 1.54) is 44.6 Å². The summed E-state index contributed by atoms with van der Waals surface area (Å²) in [6.45, 7) is 0. The SMILES string of the molecule is COc1ccc(C2/C(=C(\O)c3cc(F)ccc3OC)C(=O)C(=O)N2c2cccc(OC(F)(F)F)c2)cc1. The molecule has 1 N–H and O–H groups in total. The zero-order chi connectivity index (χ0) is 26.9. The molecular weight excluding hydrogens is 498 g/mol. The molecule has 4 rings (SSSR count). The Labute approximate surface area is 208 Å². The van der Waals surface area contributed by atoms with Gasteiger partial charge in [0.15, 0.2) is 0 Å². The van der Waals surface area contributed by atoms with Crippen LogP contribution in [-0.2, 0) is 9.59 Å². The van der Waals surface area contributed by atoms with Crippen LogP contribution in [0.25, 0.3) is 5.76 Å². The summed E-state index contributed by atoms with van der Waals surface area (Å²) in [5.74, 6) is -3.86. The van der Waals surface area contributed by atoms with Crippen molar-refractivity contribution in [2.24, 2.45) is 0 Å². The number of methoxy groups -OCH3 is 2. The number of halogens is 4. The Balaban J connectivity index is 1.94. The lowest BCUT2D eigenvalue weighted by Gasteiger charge is -2.26. The maximum atomic E-state index is 14.1. The molecule has 3 aromatic carbocycles. The molecular formula is C26H19F4NO6. The van der Waals surface area contributed by atoms with Gasteiger partial charge in [-0.1, -0.05) is 18.2 Å². The van der Waals surface area contributed by atoms with Gasteiger partial charge in [0.2, 0.25) is 0 Å². The van der Waals surface area contributed by atoms with Crippen LogP contribution in [0.5, 0.6) is 17.2 Å². The number of hydrogen-bond acceptors (Lipinski definition) is 6. The molecule has 1 amide bonds. The van der Waals surface area contributed by atoms with Crippen LogP contribution in [0.1, 0.15) is 17.2 Å². The molecule has 1 aliphatic heterocycles. The van der Waals surface area contributed by atoms with Crippen LogP contribution in [0, 0.1) is 5.82 Å².